The first-order valence-electron chi connectivity index (χ1n) is 10.1. The number of aryl methyl sites for hydroxylation is 3. The highest BCUT2D eigenvalue weighted by molar-refractivity contribution is 7.19. The van der Waals surface area contributed by atoms with Gasteiger partial charge in [0.05, 0.1) is 0 Å². The van der Waals surface area contributed by atoms with E-state index in [2.05, 4.69) is 45.0 Å². The molecule has 0 fully saturated rings. The molecule has 0 spiro atoms. The highest BCUT2D eigenvalue weighted by Crippen LogP contribution is 2.45. The molecule has 5 rings (SSSR count). The van der Waals surface area contributed by atoms with Crippen LogP contribution in [-0.4, -0.2) is 4.98 Å². The van der Waals surface area contributed by atoms with Crippen LogP contribution in [0.5, 0.6) is 0 Å². The quantitative estimate of drug-likeness (QED) is 0.613. The Balaban J connectivity index is 0.00000180. The largest absolute Gasteiger partial charge is 1.00 e. The van der Waals surface area contributed by atoms with E-state index in [4.69, 9.17) is 4.98 Å². The fraction of sp³-hybridized carbons (Fsp3) is 0.458. The summed E-state index contributed by atoms with van der Waals surface area (Å²) in [7, 11) is 0. The van der Waals surface area contributed by atoms with Crippen molar-refractivity contribution in [1.82, 2.24) is 4.98 Å². The first-order valence-corrected chi connectivity index (χ1v) is 10.9. The van der Waals surface area contributed by atoms with Crippen molar-refractivity contribution in [2.24, 2.45) is 11.8 Å². The molecule has 2 aliphatic rings. The van der Waals surface area contributed by atoms with Crippen LogP contribution in [0.25, 0.3) is 21.3 Å². The van der Waals surface area contributed by atoms with Crippen molar-refractivity contribution >= 4 is 21.6 Å². The second-order valence-electron chi connectivity index (χ2n) is 8.66. The summed E-state index contributed by atoms with van der Waals surface area (Å²) in [4.78, 5) is 8.11. The second kappa shape index (κ2) is 7.22. The number of thiophene rings is 1. The summed E-state index contributed by atoms with van der Waals surface area (Å²) in [5.41, 5.74) is 8.81. The third kappa shape index (κ3) is 3.21. The van der Waals surface area contributed by atoms with Crippen molar-refractivity contribution in [3.8, 4) is 11.1 Å². The van der Waals surface area contributed by atoms with Gasteiger partial charge in [0.1, 0.15) is 4.83 Å². The Hall–Kier alpha value is -1.38. The van der Waals surface area contributed by atoms with Gasteiger partial charge in [-0.25, -0.2) is 4.98 Å². The van der Waals surface area contributed by atoms with Crippen molar-refractivity contribution < 1.29 is 12.4 Å². The first-order chi connectivity index (χ1) is 12.6. The van der Waals surface area contributed by atoms with Crippen LogP contribution in [0.2, 0.25) is 0 Å². The van der Waals surface area contributed by atoms with Crippen LogP contribution in [0, 0.1) is 18.8 Å². The Morgan fingerprint density at radius 2 is 1.78 bits per heavy atom. The zero-order chi connectivity index (χ0) is 17.8. The molecule has 0 N–H and O–H groups in total. The van der Waals surface area contributed by atoms with E-state index in [9.17, 15) is 0 Å². The van der Waals surface area contributed by atoms with Crippen LogP contribution in [-0.2, 0) is 25.7 Å². The molecule has 3 heteroatoms. The maximum absolute atomic E-state index is 5.21. The van der Waals surface area contributed by atoms with Crippen LogP contribution in [0.1, 0.15) is 54.0 Å². The van der Waals surface area contributed by atoms with E-state index in [0.29, 0.717) is 0 Å². The van der Waals surface area contributed by atoms with Crippen LogP contribution in [0.4, 0.5) is 0 Å². The minimum Gasteiger partial charge on any atom is -1.00 e. The molecular weight excluding hydrogens is 370 g/mol. The Kier molecular flexibility index (Phi) is 5.07. The Bertz CT molecular complexity index is 1000. The average Bonchev–Trinajstić information content (AvgIpc) is 2.96. The number of halogens is 1. The van der Waals surface area contributed by atoms with E-state index in [1.807, 2.05) is 11.3 Å². The molecule has 1 aromatic carbocycles. The second-order valence-corrected chi connectivity index (χ2v) is 9.75. The summed E-state index contributed by atoms with van der Waals surface area (Å²) in [6.45, 7) is 7.01. The number of rotatable bonds is 1. The average molecular weight is 397 g/mol. The molecule has 3 aromatic rings. The number of nitrogens with zero attached hydrogens (tertiary/aromatic N) is 1. The molecule has 2 aromatic heterocycles. The normalized spacial score (nSPS) is 21.4. The molecule has 2 atom stereocenters. The van der Waals surface area contributed by atoms with Gasteiger partial charge in [-0.15, -0.1) is 11.3 Å². The van der Waals surface area contributed by atoms with Gasteiger partial charge in [0, 0.05) is 16.0 Å². The molecule has 2 heterocycles. The fourth-order valence-electron chi connectivity index (χ4n) is 4.94. The van der Waals surface area contributed by atoms with Crippen LogP contribution in [0.3, 0.4) is 0 Å². The first kappa shape index (κ1) is 19.0. The lowest BCUT2D eigenvalue weighted by Gasteiger charge is -2.25. The number of fused-ring (bicyclic) bond motifs is 4. The Labute approximate surface area is 172 Å². The van der Waals surface area contributed by atoms with Crippen molar-refractivity contribution in [3.05, 3.63) is 51.5 Å². The number of benzene rings is 1. The third-order valence-corrected chi connectivity index (χ3v) is 7.51. The van der Waals surface area contributed by atoms with E-state index < -0.39 is 0 Å². The van der Waals surface area contributed by atoms with E-state index in [1.165, 1.54) is 64.7 Å². The third-order valence-electron chi connectivity index (χ3n) is 6.36. The molecule has 2 unspecified atom stereocenters. The molecule has 0 saturated heterocycles. The summed E-state index contributed by atoms with van der Waals surface area (Å²) < 4.78 is 0. The van der Waals surface area contributed by atoms with E-state index in [-0.39, 0.29) is 12.4 Å². The minimum absolute atomic E-state index is 0. The van der Waals surface area contributed by atoms with Crippen LogP contribution >= 0.6 is 11.3 Å². The summed E-state index contributed by atoms with van der Waals surface area (Å²) in [6.07, 6.45) is 7.39. The lowest BCUT2D eigenvalue weighted by atomic mass is 9.80. The lowest BCUT2D eigenvalue weighted by molar-refractivity contribution is -0.00000544. The Morgan fingerprint density at radius 1 is 1.00 bits per heavy atom. The van der Waals surface area contributed by atoms with Crippen molar-refractivity contribution in [2.45, 2.75) is 59.3 Å². The predicted octanol–water partition coefficient (Wildman–Crippen LogP) is 3.53. The van der Waals surface area contributed by atoms with Crippen molar-refractivity contribution in [3.63, 3.8) is 0 Å². The topological polar surface area (TPSA) is 12.9 Å². The van der Waals surface area contributed by atoms with Gasteiger partial charge in [-0.1, -0.05) is 43.7 Å². The van der Waals surface area contributed by atoms with Crippen LogP contribution < -0.4 is 12.4 Å². The van der Waals surface area contributed by atoms with Gasteiger partial charge in [-0.3, -0.25) is 0 Å². The predicted molar refractivity (Wildman–Crippen MR) is 112 cm³/mol. The number of pyridine rings is 1. The van der Waals surface area contributed by atoms with Gasteiger partial charge >= 0.3 is 0 Å². The zero-order valence-corrected chi connectivity index (χ0v) is 18.0. The fourth-order valence-corrected chi connectivity index (χ4v) is 6.35. The SMILES string of the molecule is Cc1cccc(-c2c3c(nc4sc5c(c24)CCC(C)C5)CCC(C)C3)c1.[Cl-]. The van der Waals surface area contributed by atoms with Gasteiger partial charge in [-0.2, -0.15) is 0 Å². The summed E-state index contributed by atoms with van der Waals surface area (Å²) in [6, 6.07) is 9.12. The zero-order valence-electron chi connectivity index (χ0n) is 16.4. The summed E-state index contributed by atoms with van der Waals surface area (Å²) in [5, 5.41) is 1.50. The smallest absolute Gasteiger partial charge is 0.124 e. The van der Waals surface area contributed by atoms with Gasteiger partial charge in [0.25, 0.3) is 0 Å². The maximum Gasteiger partial charge on any atom is 0.124 e. The van der Waals surface area contributed by atoms with Gasteiger partial charge < -0.3 is 12.4 Å². The monoisotopic (exact) mass is 396 g/mol. The number of aromatic nitrogens is 1. The summed E-state index contributed by atoms with van der Waals surface area (Å²) >= 11 is 1.98. The van der Waals surface area contributed by atoms with Crippen molar-refractivity contribution in [2.75, 3.05) is 0 Å². The molecule has 142 valence electrons. The highest BCUT2D eigenvalue weighted by Gasteiger charge is 2.28. The number of hydrogen-bond donors (Lipinski definition) is 0. The van der Waals surface area contributed by atoms with E-state index in [0.717, 1.165) is 18.3 Å². The van der Waals surface area contributed by atoms with Gasteiger partial charge in [0.2, 0.25) is 0 Å². The molecule has 0 aliphatic heterocycles. The highest BCUT2D eigenvalue weighted by atomic mass is 35.5. The molecule has 0 amide bonds. The van der Waals surface area contributed by atoms with Crippen molar-refractivity contribution in [1.29, 1.82) is 0 Å². The van der Waals surface area contributed by atoms with E-state index >= 15 is 0 Å². The van der Waals surface area contributed by atoms with E-state index in [1.54, 1.807) is 16.0 Å². The van der Waals surface area contributed by atoms with Gasteiger partial charge in [-0.05, 0) is 79.5 Å². The molecule has 0 saturated carbocycles. The lowest BCUT2D eigenvalue weighted by Crippen LogP contribution is -3.00. The number of hydrogen-bond acceptors (Lipinski definition) is 2. The minimum atomic E-state index is 0. The molecule has 2 aliphatic carbocycles. The molecule has 27 heavy (non-hydrogen) atoms. The molecular formula is C24H27ClNS-. The summed E-state index contributed by atoms with van der Waals surface area (Å²) in [5.74, 6) is 1.58. The van der Waals surface area contributed by atoms with Crippen LogP contribution in [0.15, 0.2) is 24.3 Å². The molecule has 0 bridgehead atoms. The van der Waals surface area contributed by atoms with Gasteiger partial charge in [0.15, 0.2) is 0 Å². The maximum atomic E-state index is 5.21. The standard InChI is InChI=1S/C24H27NS.ClH/c1-14-5-4-6-17(11-14)22-19-12-15(2)8-10-20(19)25-24-23(22)18-9-7-16(3)13-21(18)26-24;/h4-6,11,15-16H,7-10,12-13H2,1-3H3;1H/p-1. The molecule has 0 radical (unpaired) electrons. The Morgan fingerprint density at radius 3 is 2.59 bits per heavy atom. The molecule has 1 nitrogen and oxygen atoms in total.